The van der Waals surface area contributed by atoms with E-state index in [1.807, 2.05) is 24.3 Å². The van der Waals surface area contributed by atoms with Gasteiger partial charge in [0.05, 0.1) is 11.6 Å². The summed E-state index contributed by atoms with van der Waals surface area (Å²) in [4.78, 5) is 28.2. The fourth-order valence-electron chi connectivity index (χ4n) is 5.71. The third-order valence-electron chi connectivity index (χ3n) is 7.52. The summed E-state index contributed by atoms with van der Waals surface area (Å²) in [6.07, 6.45) is 9.29. The van der Waals surface area contributed by atoms with Crippen molar-refractivity contribution in [2.45, 2.75) is 76.8 Å². The highest BCUT2D eigenvalue weighted by atomic mass is 16.3. The summed E-state index contributed by atoms with van der Waals surface area (Å²) in [5.41, 5.74) is 5.56. The third kappa shape index (κ3) is 3.56. The van der Waals surface area contributed by atoms with Crippen LogP contribution in [-0.4, -0.2) is 27.7 Å². The molecule has 2 aromatic rings. The highest BCUT2D eigenvalue weighted by Gasteiger charge is 2.49. The van der Waals surface area contributed by atoms with E-state index in [-0.39, 0.29) is 17.4 Å². The largest absolute Gasteiger partial charge is 0.507 e. The van der Waals surface area contributed by atoms with E-state index < -0.39 is 17.7 Å². The molecule has 1 heterocycles. The summed E-state index contributed by atoms with van der Waals surface area (Å²) in [6, 6.07) is 13.7. The van der Waals surface area contributed by atoms with Crippen molar-refractivity contribution in [2.24, 2.45) is 0 Å². The van der Waals surface area contributed by atoms with Gasteiger partial charge in [-0.15, -0.1) is 0 Å². The molecule has 3 aliphatic rings. The van der Waals surface area contributed by atoms with E-state index in [0.29, 0.717) is 5.56 Å². The van der Waals surface area contributed by atoms with Gasteiger partial charge < -0.3 is 10.0 Å². The molecule has 5 rings (SSSR count). The molecule has 0 bridgehead atoms. The van der Waals surface area contributed by atoms with Crippen LogP contribution in [0.3, 0.4) is 0 Å². The molecule has 2 fully saturated rings. The smallest absolute Gasteiger partial charge is 0.295 e. The molecule has 0 radical (unpaired) electrons. The number of aliphatic hydroxyl groups is 1. The third-order valence-corrected chi connectivity index (χ3v) is 7.52. The molecule has 1 N–H and O–H groups in total. The quantitative estimate of drug-likeness (QED) is 0.397. The maximum atomic E-state index is 13.3. The Morgan fingerprint density at radius 1 is 0.938 bits per heavy atom. The first kappa shape index (κ1) is 21.0. The van der Waals surface area contributed by atoms with Gasteiger partial charge in [0.2, 0.25) is 0 Å². The molecule has 1 saturated heterocycles. The van der Waals surface area contributed by atoms with Gasteiger partial charge >= 0.3 is 0 Å². The Labute approximate surface area is 189 Å². The lowest BCUT2D eigenvalue weighted by molar-refractivity contribution is -0.141. The standard InChI is InChI=1S/C28H31NO3/c1-2-18-11-13-20(14-12-18)25-24(27(31)28(32)29(25)23-9-5-6-10-23)26(30)22-16-15-19-7-3-4-8-21(19)17-22/h11-17,23,25,30H,2-10H2,1H3/b26-24-. The van der Waals surface area contributed by atoms with Crippen molar-refractivity contribution >= 4 is 17.4 Å². The topological polar surface area (TPSA) is 57.6 Å². The molecular weight excluding hydrogens is 398 g/mol. The average molecular weight is 430 g/mol. The van der Waals surface area contributed by atoms with Gasteiger partial charge in [-0.05, 0) is 73.3 Å². The second-order valence-electron chi connectivity index (χ2n) is 9.43. The molecule has 32 heavy (non-hydrogen) atoms. The molecule has 0 spiro atoms. The van der Waals surface area contributed by atoms with Crippen LogP contribution in [0, 0.1) is 0 Å². The van der Waals surface area contributed by atoms with Crippen LogP contribution in [0.4, 0.5) is 0 Å². The Balaban J connectivity index is 1.63. The van der Waals surface area contributed by atoms with Crippen LogP contribution in [-0.2, 0) is 28.9 Å². The number of benzene rings is 2. The zero-order chi connectivity index (χ0) is 22.2. The molecule has 1 atom stereocenters. The van der Waals surface area contributed by atoms with Gasteiger partial charge in [0.15, 0.2) is 0 Å². The zero-order valence-electron chi connectivity index (χ0n) is 18.8. The number of carbonyl (C=O) groups excluding carboxylic acids is 2. The number of aryl methyl sites for hydroxylation is 3. The Bertz CT molecular complexity index is 1080. The summed E-state index contributed by atoms with van der Waals surface area (Å²) in [5, 5.41) is 11.4. The first-order valence-corrected chi connectivity index (χ1v) is 12.1. The maximum absolute atomic E-state index is 13.3. The maximum Gasteiger partial charge on any atom is 0.295 e. The van der Waals surface area contributed by atoms with Crippen LogP contribution in [0.25, 0.3) is 5.76 Å². The van der Waals surface area contributed by atoms with Crippen molar-refractivity contribution < 1.29 is 14.7 Å². The van der Waals surface area contributed by atoms with Crippen molar-refractivity contribution in [3.63, 3.8) is 0 Å². The first-order valence-electron chi connectivity index (χ1n) is 12.1. The van der Waals surface area contributed by atoms with Crippen molar-refractivity contribution in [3.8, 4) is 0 Å². The number of Topliss-reactive ketones (excluding diaryl/α,β-unsaturated/α-hetero) is 1. The number of aliphatic hydroxyl groups excluding tert-OH is 1. The summed E-state index contributed by atoms with van der Waals surface area (Å²) < 4.78 is 0. The number of carbonyl (C=O) groups is 2. The molecule has 1 unspecified atom stereocenters. The van der Waals surface area contributed by atoms with Crippen molar-refractivity contribution in [1.29, 1.82) is 0 Å². The summed E-state index contributed by atoms with van der Waals surface area (Å²) >= 11 is 0. The Morgan fingerprint density at radius 2 is 1.62 bits per heavy atom. The number of rotatable bonds is 4. The average Bonchev–Trinajstić information content (AvgIpc) is 3.45. The van der Waals surface area contributed by atoms with Crippen LogP contribution < -0.4 is 0 Å². The van der Waals surface area contributed by atoms with E-state index in [1.54, 1.807) is 4.90 Å². The van der Waals surface area contributed by atoms with Crippen LogP contribution in [0.2, 0.25) is 0 Å². The number of hydrogen-bond acceptors (Lipinski definition) is 3. The Hall–Kier alpha value is -2.88. The molecule has 1 amide bonds. The lowest BCUT2D eigenvalue weighted by Crippen LogP contribution is -2.37. The lowest BCUT2D eigenvalue weighted by atomic mass is 9.88. The number of hydrogen-bond donors (Lipinski definition) is 1. The second kappa shape index (κ2) is 8.57. The molecular formula is C28H31NO3. The molecule has 4 nitrogen and oxygen atoms in total. The first-order chi connectivity index (χ1) is 15.6. The minimum atomic E-state index is -0.559. The van der Waals surface area contributed by atoms with E-state index in [2.05, 4.69) is 25.1 Å². The lowest BCUT2D eigenvalue weighted by Gasteiger charge is -2.31. The number of amides is 1. The van der Waals surface area contributed by atoms with E-state index in [0.717, 1.165) is 56.9 Å². The predicted octanol–water partition coefficient (Wildman–Crippen LogP) is 5.49. The van der Waals surface area contributed by atoms with Crippen LogP contribution in [0.1, 0.15) is 79.3 Å². The molecule has 1 aliphatic heterocycles. The minimum absolute atomic E-state index is 0.0400. The number of ketones is 1. The van der Waals surface area contributed by atoms with Crippen LogP contribution >= 0.6 is 0 Å². The van der Waals surface area contributed by atoms with Crippen LogP contribution in [0.5, 0.6) is 0 Å². The van der Waals surface area contributed by atoms with Gasteiger partial charge in [0, 0.05) is 11.6 Å². The van der Waals surface area contributed by atoms with Gasteiger partial charge in [0.25, 0.3) is 11.7 Å². The van der Waals surface area contributed by atoms with Crippen LogP contribution in [0.15, 0.2) is 48.0 Å². The number of nitrogens with zero attached hydrogens (tertiary/aromatic N) is 1. The highest BCUT2D eigenvalue weighted by Crippen LogP contribution is 2.43. The molecule has 0 aromatic heterocycles. The molecule has 166 valence electrons. The highest BCUT2D eigenvalue weighted by molar-refractivity contribution is 6.46. The summed E-state index contributed by atoms with van der Waals surface area (Å²) in [7, 11) is 0. The van der Waals surface area contributed by atoms with Crippen molar-refractivity contribution in [2.75, 3.05) is 0 Å². The van der Waals surface area contributed by atoms with Gasteiger partial charge in [0.1, 0.15) is 5.76 Å². The van der Waals surface area contributed by atoms with E-state index in [9.17, 15) is 14.7 Å². The number of fused-ring (bicyclic) bond motifs is 1. The Morgan fingerprint density at radius 3 is 2.31 bits per heavy atom. The SMILES string of the molecule is CCc1ccc(C2/C(=C(/O)c3ccc4c(c3)CCCC4)C(=O)C(=O)N2C2CCCC2)cc1. The van der Waals surface area contributed by atoms with Gasteiger partial charge in [-0.1, -0.05) is 56.2 Å². The second-order valence-corrected chi connectivity index (χ2v) is 9.43. The minimum Gasteiger partial charge on any atom is -0.507 e. The zero-order valence-corrected chi connectivity index (χ0v) is 18.8. The number of likely N-dealkylation sites (tertiary alicyclic amines) is 1. The summed E-state index contributed by atoms with van der Waals surface area (Å²) in [6.45, 7) is 2.11. The molecule has 1 saturated carbocycles. The fourth-order valence-corrected chi connectivity index (χ4v) is 5.71. The fraction of sp³-hybridized carbons (Fsp3) is 0.429. The molecule has 2 aromatic carbocycles. The predicted molar refractivity (Wildman–Crippen MR) is 125 cm³/mol. The van der Waals surface area contributed by atoms with E-state index in [4.69, 9.17) is 0 Å². The van der Waals surface area contributed by atoms with Crippen molar-refractivity contribution in [3.05, 3.63) is 75.9 Å². The molecule has 2 aliphatic carbocycles. The molecule has 4 heteroatoms. The van der Waals surface area contributed by atoms with Crippen molar-refractivity contribution in [1.82, 2.24) is 4.90 Å². The van der Waals surface area contributed by atoms with Gasteiger partial charge in [-0.2, -0.15) is 0 Å². The van der Waals surface area contributed by atoms with Gasteiger partial charge in [-0.25, -0.2) is 0 Å². The normalized spacial score (nSPS) is 23.0. The van der Waals surface area contributed by atoms with E-state index in [1.165, 1.54) is 23.1 Å². The monoisotopic (exact) mass is 429 g/mol. The summed E-state index contributed by atoms with van der Waals surface area (Å²) in [5.74, 6) is -1.07. The Kier molecular flexibility index (Phi) is 5.62. The van der Waals surface area contributed by atoms with Gasteiger partial charge in [-0.3, -0.25) is 9.59 Å². The van der Waals surface area contributed by atoms with E-state index >= 15 is 0 Å².